The van der Waals surface area contributed by atoms with Crippen LogP contribution in [0.1, 0.15) is 6.42 Å². The predicted octanol–water partition coefficient (Wildman–Crippen LogP) is -4.29. The van der Waals surface area contributed by atoms with Crippen molar-refractivity contribution in [3.05, 3.63) is 0 Å². The maximum absolute atomic E-state index is 10.1. The van der Waals surface area contributed by atoms with Gasteiger partial charge in [-0.15, -0.1) is 11.8 Å². The van der Waals surface area contributed by atoms with Gasteiger partial charge in [0.1, 0.15) is 36.0 Å². The van der Waals surface area contributed by atoms with E-state index in [1.807, 2.05) is 0 Å². The summed E-state index contributed by atoms with van der Waals surface area (Å²) in [5, 5.41) is 77.5. The molecule has 0 aromatic heterocycles. The van der Waals surface area contributed by atoms with Gasteiger partial charge in [0.25, 0.3) is 0 Å². The van der Waals surface area contributed by atoms with Crippen LogP contribution in [0.15, 0.2) is 0 Å². The summed E-state index contributed by atoms with van der Waals surface area (Å²) in [7, 11) is 0. The van der Waals surface area contributed by atoms with Crippen LogP contribution in [0.2, 0.25) is 0 Å². The quantitative estimate of drug-likeness (QED) is 0.234. The third-order valence-corrected chi connectivity index (χ3v) is 5.86. The minimum Gasteiger partial charge on any atom is -0.395 e. The molecule has 8 atom stereocenters. The van der Waals surface area contributed by atoms with E-state index < -0.39 is 72.9 Å². The van der Waals surface area contributed by atoms with E-state index in [1.54, 1.807) is 0 Å². The third-order valence-electron chi connectivity index (χ3n) is 4.31. The molecule has 0 amide bonds. The van der Waals surface area contributed by atoms with Crippen molar-refractivity contribution in [2.24, 2.45) is 0 Å². The first-order valence-corrected chi connectivity index (χ1v) is 8.38. The van der Waals surface area contributed by atoms with E-state index in [-0.39, 0.29) is 6.42 Å². The highest BCUT2D eigenvalue weighted by atomic mass is 32.2. The lowest BCUT2D eigenvalue weighted by atomic mass is 9.97. The van der Waals surface area contributed by atoms with E-state index in [0.29, 0.717) is 0 Å². The minimum atomic E-state index is -1.66. The van der Waals surface area contributed by atoms with Crippen molar-refractivity contribution in [2.75, 3.05) is 19.8 Å². The minimum absolute atomic E-state index is 0.0691. The molecule has 0 aromatic rings. The normalized spacial score (nSPS) is 46.0. The summed E-state index contributed by atoms with van der Waals surface area (Å²) in [6.45, 7) is -1.59. The SMILES string of the molecule is OCC1O[C@H](O[C@H]2SC(CO)(CO)CC(O)C2O)C(O)C(O)[C@@H]1O. The topological polar surface area (TPSA) is 180 Å². The Morgan fingerprint density at radius 3 is 2.08 bits per heavy atom. The van der Waals surface area contributed by atoms with E-state index in [4.69, 9.17) is 14.6 Å². The van der Waals surface area contributed by atoms with Crippen LogP contribution in [-0.4, -0.2) is 114 Å². The predicted molar refractivity (Wildman–Crippen MR) is 79.8 cm³/mol. The van der Waals surface area contributed by atoms with Crippen LogP contribution in [-0.2, 0) is 9.47 Å². The fourth-order valence-electron chi connectivity index (χ4n) is 2.72. The second-order valence-electron chi connectivity index (χ2n) is 6.08. The molecule has 0 bridgehead atoms. The highest BCUT2D eigenvalue weighted by Crippen LogP contribution is 2.42. The second-order valence-corrected chi connectivity index (χ2v) is 7.65. The molecule has 2 aliphatic heterocycles. The molecule has 2 heterocycles. The fraction of sp³-hybridized carbons (Fsp3) is 1.00. The van der Waals surface area contributed by atoms with Crippen LogP contribution in [0.3, 0.4) is 0 Å². The van der Waals surface area contributed by atoms with Crippen molar-refractivity contribution in [2.45, 2.75) is 59.5 Å². The van der Waals surface area contributed by atoms with Gasteiger partial charge in [-0.1, -0.05) is 0 Å². The molecule has 0 saturated carbocycles. The van der Waals surface area contributed by atoms with Gasteiger partial charge in [0, 0.05) is 0 Å². The Bertz CT molecular complexity index is 406. The van der Waals surface area contributed by atoms with Gasteiger partial charge in [0.2, 0.25) is 0 Å². The molecular weight excluding hydrogens is 348 g/mol. The van der Waals surface area contributed by atoms with Crippen molar-refractivity contribution in [1.29, 1.82) is 0 Å². The van der Waals surface area contributed by atoms with Crippen LogP contribution >= 0.6 is 11.8 Å². The highest BCUT2D eigenvalue weighted by molar-refractivity contribution is 8.01. The van der Waals surface area contributed by atoms with Crippen molar-refractivity contribution in [1.82, 2.24) is 0 Å². The highest BCUT2D eigenvalue weighted by Gasteiger charge is 2.50. The van der Waals surface area contributed by atoms with Crippen molar-refractivity contribution >= 4 is 11.8 Å². The molecular formula is C13H24O10S. The molecule has 0 aromatic carbocycles. The largest absolute Gasteiger partial charge is 0.395 e. The zero-order chi connectivity index (χ0) is 18.1. The fourth-order valence-corrected chi connectivity index (χ4v) is 4.12. The maximum atomic E-state index is 10.1. The molecule has 0 spiro atoms. The summed E-state index contributed by atoms with van der Waals surface area (Å²) < 4.78 is 9.45. The Balaban J connectivity index is 2.12. The molecule has 5 unspecified atom stereocenters. The molecule has 11 heteroatoms. The maximum Gasteiger partial charge on any atom is 0.188 e. The number of hydrogen-bond acceptors (Lipinski definition) is 11. The monoisotopic (exact) mass is 372 g/mol. The molecule has 24 heavy (non-hydrogen) atoms. The smallest absolute Gasteiger partial charge is 0.188 e. The Morgan fingerprint density at radius 2 is 1.54 bits per heavy atom. The van der Waals surface area contributed by atoms with Gasteiger partial charge in [-0.25, -0.2) is 0 Å². The van der Waals surface area contributed by atoms with Gasteiger partial charge in [0.15, 0.2) is 6.29 Å². The standard InChI is InChI=1S/C13H24O10S/c14-2-6-8(19)9(20)10(21)11(22-6)23-12-7(18)5(17)1-13(3-15,4-16)24-12/h5-12,14-21H,1-4H2/t5?,6?,7?,8-,9?,10?,11-,12+/m1/s1. The van der Waals surface area contributed by atoms with Gasteiger partial charge >= 0.3 is 0 Å². The van der Waals surface area contributed by atoms with Crippen LogP contribution in [0.4, 0.5) is 0 Å². The molecule has 2 rings (SSSR count). The van der Waals surface area contributed by atoms with Crippen LogP contribution in [0, 0.1) is 0 Å². The van der Waals surface area contributed by atoms with Crippen molar-refractivity contribution < 1.29 is 50.3 Å². The first-order valence-electron chi connectivity index (χ1n) is 7.50. The summed E-state index contributed by atoms with van der Waals surface area (Å²) in [5.74, 6) is 0. The van der Waals surface area contributed by atoms with Gasteiger partial charge < -0.3 is 50.3 Å². The van der Waals surface area contributed by atoms with Crippen molar-refractivity contribution in [3.63, 3.8) is 0 Å². The van der Waals surface area contributed by atoms with E-state index in [0.717, 1.165) is 11.8 Å². The molecule has 0 radical (unpaired) electrons. The average Bonchev–Trinajstić information content (AvgIpc) is 2.59. The molecule has 0 aliphatic carbocycles. The Hall–Kier alpha value is -0.0500. The third kappa shape index (κ3) is 3.86. The van der Waals surface area contributed by atoms with E-state index in [9.17, 15) is 35.7 Å². The van der Waals surface area contributed by atoms with Gasteiger partial charge in [-0.05, 0) is 6.42 Å². The lowest BCUT2D eigenvalue weighted by Crippen LogP contribution is -2.61. The average molecular weight is 372 g/mol. The number of aliphatic hydroxyl groups is 8. The molecule has 142 valence electrons. The van der Waals surface area contributed by atoms with Crippen molar-refractivity contribution in [3.8, 4) is 0 Å². The first kappa shape index (κ1) is 20.3. The molecule has 8 N–H and O–H groups in total. The van der Waals surface area contributed by atoms with Crippen LogP contribution in [0.25, 0.3) is 0 Å². The summed E-state index contributed by atoms with van der Waals surface area (Å²) >= 11 is 0.867. The zero-order valence-corrected chi connectivity index (χ0v) is 13.6. The van der Waals surface area contributed by atoms with E-state index in [1.165, 1.54) is 0 Å². The molecule has 2 aliphatic rings. The first-order chi connectivity index (χ1) is 11.3. The van der Waals surface area contributed by atoms with E-state index >= 15 is 0 Å². The molecule has 2 saturated heterocycles. The van der Waals surface area contributed by atoms with E-state index in [2.05, 4.69) is 0 Å². The number of hydrogen-bond donors (Lipinski definition) is 8. The number of rotatable bonds is 5. The second kappa shape index (κ2) is 8.10. The Kier molecular flexibility index (Phi) is 6.84. The van der Waals surface area contributed by atoms with Crippen LogP contribution in [0.5, 0.6) is 0 Å². The van der Waals surface area contributed by atoms with Crippen LogP contribution < -0.4 is 0 Å². The summed E-state index contributed by atoms with van der Waals surface area (Å²) in [6, 6.07) is 0. The number of ether oxygens (including phenoxy) is 2. The molecule has 10 nitrogen and oxygen atoms in total. The lowest BCUT2D eigenvalue weighted by Gasteiger charge is -2.46. The van der Waals surface area contributed by atoms with Gasteiger partial charge in [-0.2, -0.15) is 0 Å². The lowest BCUT2D eigenvalue weighted by molar-refractivity contribution is -0.310. The van der Waals surface area contributed by atoms with Gasteiger partial charge in [0.05, 0.1) is 30.7 Å². The number of aliphatic hydroxyl groups excluding tert-OH is 8. The summed E-state index contributed by atoms with van der Waals surface area (Å²) in [6.07, 6.45) is -10.3. The molecule has 2 fully saturated rings. The number of thioether (sulfide) groups is 1. The Morgan fingerprint density at radius 1 is 0.917 bits per heavy atom. The summed E-state index contributed by atoms with van der Waals surface area (Å²) in [5.41, 5.74) is -1.19. The summed E-state index contributed by atoms with van der Waals surface area (Å²) in [4.78, 5) is 0. The van der Waals surface area contributed by atoms with Gasteiger partial charge in [-0.3, -0.25) is 0 Å². The zero-order valence-electron chi connectivity index (χ0n) is 12.7. The Labute approximate surface area is 142 Å².